The van der Waals surface area contributed by atoms with Gasteiger partial charge >= 0.3 is 0 Å². The Morgan fingerprint density at radius 1 is 1.15 bits per heavy atom. The van der Waals surface area contributed by atoms with Crippen LogP contribution in [0.3, 0.4) is 0 Å². The molecule has 78 valence electrons. The molecule has 2 heteroatoms. The Morgan fingerprint density at radius 2 is 1.92 bits per heavy atom. The van der Waals surface area contributed by atoms with Gasteiger partial charge in [0.1, 0.15) is 0 Å². The van der Waals surface area contributed by atoms with E-state index in [-0.39, 0.29) is 0 Å². The molecular formula is C11H22BrN. The van der Waals surface area contributed by atoms with Gasteiger partial charge in [0.15, 0.2) is 0 Å². The third-order valence-electron chi connectivity index (χ3n) is 2.73. The third kappa shape index (κ3) is 5.02. The molecule has 0 amide bonds. The fourth-order valence-electron chi connectivity index (χ4n) is 1.77. The van der Waals surface area contributed by atoms with E-state index in [1.54, 1.807) is 0 Å². The van der Waals surface area contributed by atoms with Crippen LogP contribution in [0.15, 0.2) is 0 Å². The summed E-state index contributed by atoms with van der Waals surface area (Å²) in [6.45, 7) is 4.85. The highest BCUT2D eigenvalue weighted by Crippen LogP contribution is 2.26. The average molecular weight is 248 g/mol. The largest absolute Gasteiger partial charge is 0.300 e. The summed E-state index contributed by atoms with van der Waals surface area (Å²) in [4.78, 5) is 2.66. The lowest BCUT2D eigenvalue weighted by molar-refractivity contribution is 0.273. The molecule has 0 N–H and O–H groups in total. The molecule has 13 heavy (non-hydrogen) atoms. The highest BCUT2D eigenvalue weighted by atomic mass is 79.9. The Kier molecular flexibility index (Phi) is 6.05. The molecule has 1 rings (SSSR count). The molecule has 0 saturated heterocycles. The second kappa shape index (κ2) is 6.83. The van der Waals surface area contributed by atoms with Crippen molar-refractivity contribution in [3.05, 3.63) is 0 Å². The number of hydrogen-bond acceptors (Lipinski definition) is 1. The first-order chi connectivity index (χ1) is 6.38. The SMILES string of the molecule is CCCCCCN(CCBr)C1CC1. The Bertz CT molecular complexity index is 123. The summed E-state index contributed by atoms with van der Waals surface area (Å²) in [6.07, 6.45) is 8.47. The molecule has 1 aliphatic carbocycles. The van der Waals surface area contributed by atoms with Crippen molar-refractivity contribution in [2.45, 2.75) is 51.5 Å². The lowest BCUT2D eigenvalue weighted by atomic mass is 10.2. The van der Waals surface area contributed by atoms with Crippen LogP contribution in [0.5, 0.6) is 0 Å². The van der Waals surface area contributed by atoms with E-state index in [0.29, 0.717) is 0 Å². The van der Waals surface area contributed by atoms with Crippen molar-refractivity contribution in [3.8, 4) is 0 Å². The van der Waals surface area contributed by atoms with Gasteiger partial charge in [-0.15, -0.1) is 0 Å². The second-order valence-electron chi connectivity index (χ2n) is 4.02. The Balaban J connectivity index is 2.00. The molecule has 1 nitrogen and oxygen atoms in total. The Hall–Kier alpha value is 0.440. The van der Waals surface area contributed by atoms with Gasteiger partial charge in [0.05, 0.1) is 0 Å². The highest BCUT2D eigenvalue weighted by Gasteiger charge is 2.27. The van der Waals surface area contributed by atoms with Gasteiger partial charge in [0.2, 0.25) is 0 Å². The van der Waals surface area contributed by atoms with Crippen LogP contribution >= 0.6 is 15.9 Å². The summed E-state index contributed by atoms with van der Waals surface area (Å²) >= 11 is 3.53. The van der Waals surface area contributed by atoms with Crippen molar-refractivity contribution in [3.63, 3.8) is 0 Å². The van der Waals surface area contributed by atoms with Crippen molar-refractivity contribution in [1.82, 2.24) is 4.90 Å². The van der Waals surface area contributed by atoms with E-state index in [2.05, 4.69) is 27.8 Å². The lowest BCUT2D eigenvalue weighted by Crippen LogP contribution is -2.29. The molecule has 1 aliphatic rings. The molecule has 0 radical (unpaired) electrons. The van der Waals surface area contributed by atoms with Gasteiger partial charge in [-0.05, 0) is 25.8 Å². The molecule has 0 spiro atoms. The molecule has 1 fully saturated rings. The van der Waals surface area contributed by atoms with Gasteiger partial charge in [0, 0.05) is 17.9 Å². The van der Waals surface area contributed by atoms with E-state index in [1.807, 2.05) is 0 Å². The maximum absolute atomic E-state index is 3.53. The molecule has 1 saturated carbocycles. The number of unbranched alkanes of at least 4 members (excludes halogenated alkanes) is 3. The zero-order valence-corrected chi connectivity index (χ0v) is 10.4. The standard InChI is InChI=1S/C11H22BrN/c1-2-3-4-5-9-13(10-8-12)11-6-7-11/h11H,2-10H2,1H3. The van der Waals surface area contributed by atoms with E-state index in [9.17, 15) is 0 Å². The zero-order chi connectivity index (χ0) is 9.52. The van der Waals surface area contributed by atoms with Gasteiger partial charge in [-0.2, -0.15) is 0 Å². The number of halogens is 1. The fraction of sp³-hybridized carbons (Fsp3) is 1.00. The summed E-state index contributed by atoms with van der Waals surface area (Å²) < 4.78 is 0. The molecule has 0 aromatic rings. The zero-order valence-electron chi connectivity index (χ0n) is 8.77. The molecule has 0 atom stereocenters. The number of hydrogen-bond donors (Lipinski definition) is 0. The van der Waals surface area contributed by atoms with Crippen molar-refractivity contribution >= 4 is 15.9 Å². The minimum absolute atomic E-state index is 0.944. The van der Waals surface area contributed by atoms with Gasteiger partial charge < -0.3 is 0 Å². The van der Waals surface area contributed by atoms with Gasteiger partial charge in [-0.3, -0.25) is 4.90 Å². The van der Waals surface area contributed by atoms with Crippen molar-refractivity contribution in [2.24, 2.45) is 0 Å². The van der Waals surface area contributed by atoms with E-state index in [1.165, 1.54) is 51.6 Å². The van der Waals surface area contributed by atoms with Crippen LogP contribution in [0.1, 0.15) is 45.4 Å². The van der Waals surface area contributed by atoms with Crippen LogP contribution in [0, 0.1) is 0 Å². The first-order valence-electron chi connectivity index (χ1n) is 5.68. The Morgan fingerprint density at radius 3 is 2.46 bits per heavy atom. The molecule has 0 aromatic heterocycles. The van der Waals surface area contributed by atoms with Crippen molar-refractivity contribution in [2.75, 3.05) is 18.4 Å². The predicted molar refractivity (Wildman–Crippen MR) is 62.5 cm³/mol. The maximum Gasteiger partial charge on any atom is 0.0159 e. The highest BCUT2D eigenvalue weighted by molar-refractivity contribution is 9.09. The average Bonchev–Trinajstić information content (AvgIpc) is 2.93. The quantitative estimate of drug-likeness (QED) is 0.470. The summed E-state index contributed by atoms with van der Waals surface area (Å²) in [5.41, 5.74) is 0. The summed E-state index contributed by atoms with van der Waals surface area (Å²) in [6, 6.07) is 0.944. The molecule has 0 aromatic carbocycles. The smallest absolute Gasteiger partial charge is 0.0159 e. The molecule has 0 aliphatic heterocycles. The van der Waals surface area contributed by atoms with Crippen LogP contribution in [-0.2, 0) is 0 Å². The van der Waals surface area contributed by atoms with Gasteiger partial charge in [-0.1, -0.05) is 42.1 Å². The molecule has 0 heterocycles. The van der Waals surface area contributed by atoms with E-state index < -0.39 is 0 Å². The summed E-state index contributed by atoms with van der Waals surface area (Å²) in [5.74, 6) is 0. The minimum Gasteiger partial charge on any atom is -0.300 e. The molecular weight excluding hydrogens is 226 g/mol. The maximum atomic E-state index is 3.53. The first-order valence-corrected chi connectivity index (χ1v) is 6.80. The predicted octanol–water partition coefficient (Wildman–Crippen LogP) is 3.43. The first kappa shape index (κ1) is 11.5. The van der Waals surface area contributed by atoms with Crippen molar-refractivity contribution in [1.29, 1.82) is 0 Å². The Labute approximate surface area is 91.0 Å². The van der Waals surface area contributed by atoms with Crippen LogP contribution < -0.4 is 0 Å². The van der Waals surface area contributed by atoms with E-state index in [4.69, 9.17) is 0 Å². The second-order valence-corrected chi connectivity index (χ2v) is 4.81. The molecule has 0 bridgehead atoms. The third-order valence-corrected chi connectivity index (χ3v) is 3.09. The lowest BCUT2D eigenvalue weighted by Gasteiger charge is -2.20. The molecule has 0 unspecified atom stereocenters. The number of alkyl halides is 1. The van der Waals surface area contributed by atoms with Gasteiger partial charge in [0.25, 0.3) is 0 Å². The topological polar surface area (TPSA) is 3.24 Å². The van der Waals surface area contributed by atoms with Crippen LogP contribution in [0.4, 0.5) is 0 Å². The van der Waals surface area contributed by atoms with Crippen LogP contribution in [0.25, 0.3) is 0 Å². The number of nitrogens with zero attached hydrogens (tertiary/aromatic N) is 1. The van der Waals surface area contributed by atoms with E-state index >= 15 is 0 Å². The normalized spacial score (nSPS) is 16.8. The van der Waals surface area contributed by atoms with Crippen LogP contribution in [0.2, 0.25) is 0 Å². The van der Waals surface area contributed by atoms with Crippen LogP contribution in [-0.4, -0.2) is 29.4 Å². The van der Waals surface area contributed by atoms with Gasteiger partial charge in [-0.25, -0.2) is 0 Å². The summed E-state index contributed by atoms with van der Waals surface area (Å²) in [7, 11) is 0. The summed E-state index contributed by atoms with van der Waals surface area (Å²) in [5, 5.41) is 1.14. The monoisotopic (exact) mass is 247 g/mol. The number of rotatable bonds is 8. The van der Waals surface area contributed by atoms with Crippen molar-refractivity contribution < 1.29 is 0 Å². The minimum atomic E-state index is 0.944. The van der Waals surface area contributed by atoms with E-state index in [0.717, 1.165) is 11.4 Å². The fourth-order valence-corrected chi connectivity index (χ4v) is 2.22.